The van der Waals surface area contributed by atoms with Crippen LogP contribution in [-0.2, 0) is 13.5 Å². The summed E-state index contributed by atoms with van der Waals surface area (Å²) in [4.78, 5) is 4.68. The molecule has 0 amide bonds. The number of para-hydroxylation sites is 2. The van der Waals surface area contributed by atoms with Crippen LogP contribution in [0.1, 0.15) is 33.0 Å². The zero-order valence-electron chi connectivity index (χ0n) is 11.8. The molecule has 18 heavy (non-hydrogen) atoms. The van der Waals surface area contributed by atoms with Gasteiger partial charge in [-0.05, 0) is 24.0 Å². The van der Waals surface area contributed by atoms with E-state index in [2.05, 4.69) is 49.5 Å². The minimum Gasteiger partial charge on any atom is -0.331 e. The maximum Gasteiger partial charge on any atom is 0.111 e. The molecule has 2 rings (SSSR count). The zero-order valence-corrected chi connectivity index (χ0v) is 11.8. The van der Waals surface area contributed by atoms with Gasteiger partial charge in [0, 0.05) is 19.5 Å². The van der Waals surface area contributed by atoms with E-state index in [4.69, 9.17) is 5.73 Å². The molecule has 3 heteroatoms. The molecule has 1 aromatic heterocycles. The van der Waals surface area contributed by atoms with Crippen molar-refractivity contribution in [3.8, 4) is 0 Å². The van der Waals surface area contributed by atoms with E-state index >= 15 is 0 Å². The number of nitrogens with zero attached hydrogens (tertiary/aromatic N) is 2. The molecule has 1 unspecified atom stereocenters. The van der Waals surface area contributed by atoms with Gasteiger partial charge in [-0.25, -0.2) is 4.98 Å². The first-order valence-corrected chi connectivity index (χ1v) is 6.61. The Morgan fingerprint density at radius 3 is 2.61 bits per heavy atom. The summed E-state index contributed by atoms with van der Waals surface area (Å²) in [5.41, 5.74) is 8.71. The average molecular weight is 245 g/mol. The monoisotopic (exact) mass is 245 g/mol. The number of rotatable bonds is 4. The van der Waals surface area contributed by atoms with E-state index in [-0.39, 0.29) is 11.5 Å². The summed E-state index contributed by atoms with van der Waals surface area (Å²) in [5.74, 6) is 1.07. The van der Waals surface area contributed by atoms with Crippen LogP contribution in [0.4, 0.5) is 0 Å². The number of hydrogen-bond donors (Lipinski definition) is 1. The summed E-state index contributed by atoms with van der Waals surface area (Å²) in [6.07, 6.45) is 1.91. The van der Waals surface area contributed by atoms with Crippen LogP contribution in [0.5, 0.6) is 0 Å². The molecular weight excluding hydrogens is 222 g/mol. The Kier molecular flexibility index (Phi) is 3.44. The molecule has 0 aliphatic carbocycles. The fraction of sp³-hybridized carbons (Fsp3) is 0.533. The van der Waals surface area contributed by atoms with Crippen LogP contribution in [0, 0.1) is 5.41 Å². The first-order valence-electron chi connectivity index (χ1n) is 6.61. The summed E-state index contributed by atoms with van der Waals surface area (Å²) in [6, 6.07) is 8.36. The van der Waals surface area contributed by atoms with Gasteiger partial charge in [0.1, 0.15) is 5.82 Å². The van der Waals surface area contributed by atoms with Crippen molar-refractivity contribution in [3.63, 3.8) is 0 Å². The lowest BCUT2D eigenvalue weighted by molar-refractivity contribution is 0.269. The first kappa shape index (κ1) is 13.1. The highest BCUT2D eigenvalue weighted by Crippen LogP contribution is 2.26. The van der Waals surface area contributed by atoms with Gasteiger partial charge in [0.2, 0.25) is 0 Å². The largest absolute Gasteiger partial charge is 0.331 e. The summed E-state index contributed by atoms with van der Waals surface area (Å²) in [6.45, 7) is 6.63. The van der Waals surface area contributed by atoms with Crippen molar-refractivity contribution >= 4 is 11.0 Å². The highest BCUT2D eigenvalue weighted by Gasteiger charge is 2.25. The van der Waals surface area contributed by atoms with Gasteiger partial charge in [0.15, 0.2) is 0 Å². The third-order valence-electron chi connectivity index (χ3n) is 4.20. The third-order valence-corrected chi connectivity index (χ3v) is 4.20. The molecule has 2 N–H and O–H groups in total. The van der Waals surface area contributed by atoms with Gasteiger partial charge in [-0.2, -0.15) is 0 Å². The summed E-state index contributed by atoms with van der Waals surface area (Å²) in [5, 5.41) is 0. The lowest BCUT2D eigenvalue weighted by Crippen LogP contribution is -2.39. The molecule has 1 heterocycles. The van der Waals surface area contributed by atoms with E-state index in [0.29, 0.717) is 0 Å². The smallest absolute Gasteiger partial charge is 0.111 e. The van der Waals surface area contributed by atoms with E-state index < -0.39 is 0 Å². The van der Waals surface area contributed by atoms with Gasteiger partial charge in [-0.1, -0.05) is 32.9 Å². The molecule has 2 aromatic rings. The highest BCUT2D eigenvalue weighted by atomic mass is 15.1. The summed E-state index contributed by atoms with van der Waals surface area (Å²) < 4.78 is 2.15. The average Bonchev–Trinajstić information content (AvgIpc) is 2.67. The molecule has 1 aromatic carbocycles. The molecule has 0 saturated heterocycles. The minimum absolute atomic E-state index is 0.137. The third kappa shape index (κ3) is 2.27. The number of hydrogen-bond acceptors (Lipinski definition) is 2. The Bertz CT molecular complexity index is 540. The second-order valence-electron chi connectivity index (χ2n) is 5.73. The zero-order chi connectivity index (χ0) is 13.3. The van der Waals surface area contributed by atoms with Crippen LogP contribution >= 0.6 is 0 Å². The highest BCUT2D eigenvalue weighted by molar-refractivity contribution is 5.75. The molecule has 98 valence electrons. The molecule has 1 atom stereocenters. The molecule has 0 spiro atoms. The van der Waals surface area contributed by atoms with Crippen LogP contribution in [0.15, 0.2) is 24.3 Å². The quantitative estimate of drug-likeness (QED) is 0.900. The number of benzene rings is 1. The number of aryl methyl sites for hydroxylation is 1. The molecule has 0 fully saturated rings. The van der Waals surface area contributed by atoms with Crippen LogP contribution < -0.4 is 5.73 Å². The van der Waals surface area contributed by atoms with Crippen LogP contribution in [0.25, 0.3) is 11.0 Å². The molecule has 3 nitrogen and oxygen atoms in total. The van der Waals surface area contributed by atoms with Crippen molar-refractivity contribution in [1.29, 1.82) is 0 Å². The Morgan fingerprint density at radius 1 is 1.33 bits per heavy atom. The molecular formula is C15H23N3. The van der Waals surface area contributed by atoms with Crippen molar-refractivity contribution in [3.05, 3.63) is 30.1 Å². The van der Waals surface area contributed by atoms with Crippen molar-refractivity contribution in [2.75, 3.05) is 0 Å². The summed E-state index contributed by atoms with van der Waals surface area (Å²) in [7, 11) is 2.07. The topological polar surface area (TPSA) is 43.8 Å². The second kappa shape index (κ2) is 4.73. The number of aromatic nitrogens is 2. The first-order chi connectivity index (χ1) is 8.45. The predicted octanol–water partition coefficient (Wildman–Crippen LogP) is 2.88. The molecule has 0 bridgehead atoms. The van der Waals surface area contributed by atoms with E-state index in [1.165, 1.54) is 5.52 Å². The van der Waals surface area contributed by atoms with Gasteiger partial charge in [0.05, 0.1) is 11.0 Å². The minimum atomic E-state index is 0.137. The molecule has 0 aliphatic rings. The van der Waals surface area contributed by atoms with Crippen LogP contribution in [0.3, 0.4) is 0 Å². The van der Waals surface area contributed by atoms with E-state index in [9.17, 15) is 0 Å². The number of imidazole rings is 1. The molecule has 0 aliphatic heterocycles. The van der Waals surface area contributed by atoms with Crippen molar-refractivity contribution in [2.24, 2.45) is 18.2 Å². The number of fused-ring (bicyclic) bond motifs is 1. The van der Waals surface area contributed by atoms with Crippen molar-refractivity contribution in [2.45, 2.75) is 39.7 Å². The standard InChI is InChI=1S/C15H23N3/c1-5-15(2,3)13(16)10-14-17-11-8-6-7-9-12(11)18(14)4/h6-9,13H,5,10,16H2,1-4H3. The fourth-order valence-corrected chi connectivity index (χ4v) is 2.11. The van der Waals surface area contributed by atoms with E-state index in [1.54, 1.807) is 0 Å². The lowest BCUT2D eigenvalue weighted by atomic mass is 9.81. The Labute approximate surface area is 109 Å². The maximum absolute atomic E-state index is 6.33. The maximum atomic E-state index is 6.33. The fourth-order valence-electron chi connectivity index (χ4n) is 2.11. The summed E-state index contributed by atoms with van der Waals surface area (Å²) >= 11 is 0. The molecule has 0 saturated carbocycles. The predicted molar refractivity (Wildman–Crippen MR) is 76.5 cm³/mol. The van der Waals surface area contributed by atoms with Crippen LogP contribution in [0.2, 0.25) is 0 Å². The van der Waals surface area contributed by atoms with Gasteiger partial charge in [-0.15, -0.1) is 0 Å². The Balaban J connectivity index is 2.30. The Morgan fingerprint density at radius 2 is 2.00 bits per heavy atom. The van der Waals surface area contributed by atoms with Gasteiger partial charge in [0.25, 0.3) is 0 Å². The Hall–Kier alpha value is -1.35. The van der Waals surface area contributed by atoms with Gasteiger partial charge in [-0.3, -0.25) is 0 Å². The van der Waals surface area contributed by atoms with Crippen molar-refractivity contribution in [1.82, 2.24) is 9.55 Å². The van der Waals surface area contributed by atoms with E-state index in [0.717, 1.165) is 24.2 Å². The second-order valence-corrected chi connectivity index (χ2v) is 5.73. The van der Waals surface area contributed by atoms with Crippen LogP contribution in [-0.4, -0.2) is 15.6 Å². The lowest BCUT2D eigenvalue weighted by Gasteiger charge is -2.30. The normalized spacial score (nSPS) is 14.1. The van der Waals surface area contributed by atoms with Gasteiger partial charge >= 0.3 is 0 Å². The SMILES string of the molecule is CCC(C)(C)C(N)Cc1nc2ccccc2n1C. The van der Waals surface area contributed by atoms with Gasteiger partial charge < -0.3 is 10.3 Å². The number of nitrogens with two attached hydrogens (primary N) is 1. The van der Waals surface area contributed by atoms with Crippen molar-refractivity contribution < 1.29 is 0 Å². The molecule has 0 radical (unpaired) electrons. The van der Waals surface area contributed by atoms with E-state index in [1.807, 2.05) is 12.1 Å².